The molecule has 7 heteroatoms. The normalized spacial score (nSPS) is 25.9. The summed E-state index contributed by atoms with van der Waals surface area (Å²) in [6.07, 6.45) is 0. The maximum atomic E-state index is 13.2. The highest BCUT2D eigenvalue weighted by atomic mass is 32.2. The molecule has 1 atom stereocenters. The monoisotopic (exact) mass is 362 g/mol. The maximum Gasteiger partial charge on any atom is 0.243 e. The van der Waals surface area contributed by atoms with E-state index in [0.717, 1.165) is 17.3 Å². The highest BCUT2D eigenvalue weighted by molar-refractivity contribution is 7.89. The lowest BCUT2D eigenvalue weighted by Crippen LogP contribution is -2.59. The topological polar surface area (TPSA) is 67.9 Å². The van der Waals surface area contributed by atoms with Gasteiger partial charge in [0.1, 0.15) is 5.60 Å². The molecular weight excluding hydrogens is 340 g/mol. The zero-order valence-electron chi connectivity index (χ0n) is 14.0. The third kappa shape index (κ3) is 3.30. The SMILES string of the molecule is O=S(=O)(c1ccc2ccccc2c1)N1CCOC2(CNCCOC2)C1. The predicted octanol–water partition coefficient (Wildman–Crippen LogP) is 1.22. The first-order chi connectivity index (χ1) is 12.1. The molecule has 2 aliphatic heterocycles. The molecular formula is C18H22N2O4S. The average molecular weight is 362 g/mol. The van der Waals surface area contributed by atoms with E-state index in [1.54, 1.807) is 12.1 Å². The molecule has 4 rings (SSSR count). The third-order valence-electron chi connectivity index (χ3n) is 4.81. The molecule has 1 unspecified atom stereocenters. The van der Waals surface area contributed by atoms with Gasteiger partial charge in [-0.05, 0) is 22.9 Å². The van der Waals surface area contributed by atoms with Gasteiger partial charge in [-0.15, -0.1) is 0 Å². The number of fused-ring (bicyclic) bond motifs is 1. The van der Waals surface area contributed by atoms with Gasteiger partial charge >= 0.3 is 0 Å². The molecule has 2 heterocycles. The van der Waals surface area contributed by atoms with Gasteiger partial charge in [0.2, 0.25) is 10.0 Å². The van der Waals surface area contributed by atoms with E-state index in [4.69, 9.17) is 9.47 Å². The van der Waals surface area contributed by atoms with Crippen LogP contribution in [0, 0.1) is 0 Å². The zero-order valence-corrected chi connectivity index (χ0v) is 14.8. The lowest BCUT2D eigenvalue weighted by atomic mass is 10.0. The van der Waals surface area contributed by atoms with Crippen LogP contribution in [0.15, 0.2) is 47.4 Å². The van der Waals surface area contributed by atoms with Crippen LogP contribution < -0.4 is 5.32 Å². The van der Waals surface area contributed by atoms with E-state index in [1.807, 2.05) is 30.3 Å². The average Bonchev–Trinajstić information content (AvgIpc) is 2.86. The van der Waals surface area contributed by atoms with Gasteiger partial charge in [0, 0.05) is 26.2 Å². The molecule has 0 saturated carbocycles. The molecule has 2 aromatic rings. The molecule has 2 fully saturated rings. The van der Waals surface area contributed by atoms with Gasteiger partial charge in [0.05, 0.1) is 24.7 Å². The Hall–Kier alpha value is -1.51. The van der Waals surface area contributed by atoms with Crippen molar-refractivity contribution in [2.45, 2.75) is 10.5 Å². The Labute approximate surface area is 147 Å². The Bertz CT molecular complexity index is 860. The lowest BCUT2D eigenvalue weighted by molar-refractivity contribution is -0.118. The summed E-state index contributed by atoms with van der Waals surface area (Å²) in [5, 5.41) is 5.22. The minimum atomic E-state index is -3.57. The fraction of sp³-hybridized carbons (Fsp3) is 0.444. The van der Waals surface area contributed by atoms with Crippen molar-refractivity contribution in [2.75, 3.05) is 46.0 Å². The standard InChI is InChI=1S/C18H22N2O4S/c21-25(22,17-6-5-15-3-1-2-4-16(15)11-17)20-8-10-24-18(13-20)12-19-7-9-23-14-18/h1-6,11,19H,7-10,12-14H2. The van der Waals surface area contributed by atoms with Crippen molar-refractivity contribution < 1.29 is 17.9 Å². The number of rotatable bonds is 2. The molecule has 134 valence electrons. The highest BCUT2D eigenvalue weighted by Gasteiger charge is 2.42. The molecule has 0 radical (unpaired) electrons. The van der Waals surface area contributed by atoms with Crippen LogP contribution in [0.5, 0.6) is 0 Å². The number of nitrogens with one attached hydrogen (secondary N) is 1. The summed E-state index contributed by atoms with van der Waals surface area (Å²) in [4.78, 5) is 0.325. The number of hydrogen-bond donors (Lipinski definition) is 1. The lowest BCUT2D eigenvalue weighted by Gasteiger charge is -2.41. The Kier molecular flexibility index (Phi) is 4.51. The highest BCUT2D eigenvalue weighted by Crippen LogP contribution is 2.27. The second-order valence-electron chi connectivity index (χ2n) is 6.61. The molecule has 2 aromatic carbocycles. The molecule has 0 amide bonds. The number of hydrogen-bond acceptors (Lipinski definition) is 5. The van der Waals surface area contributed by atoms with Crippen LogP contribution in [0.25, 0.3) is 10.8 Å². The van der Waals surface area contributed by atoms with Gasteiger partial charge < -0.3 is 14.8 Å². The largest absolute Gasteiger partial charge is 0.377 e. The minimum Gasteiger partial charge on any atom is -0.377 e. The molecule has 0 bridgehead atoms. The van der Waals surface area contributed by atoms with Crippen LogP contribution >= 0.6 is 0 Å². The first-order valence-corrected chi connectivity index (χ1v) is 9.95. The Morgan fingerprint density at radius 2 is 1.92 bits per heavy atom. The second kappa shape index (κ2) is 6.66. The van der Waals surface area contributed by atoms with Crippen molar-refractivity contribution in [1.29, 1.82) is 0 Å². The molecule has 0 aliphatic carbocycles. The number of sulfonamides is 1. The van der Waals surface area contributed by atoms with E-state index < -0.39 is 15.6 Å². The molecule has 6 nitrogen and oxygen atoms in total. The summed E-state index contributed by atoms with van der Waals surface area (Å²) >= 11 is 0. The van der Waals surface area contributed by atoms with Crippen LogP contribution in [0.3, 0.4) is 0 Å². The summed E-state index contributed by atoms with van der Waals surface area (Å²) in [5.74, 6) is 0. The molecule has 2 aliphatic rings. The van der Waals surface area contributed by atoms with E-state index in [0.29, 0.717) is 44.4 Å². The van der Waals surface area contributed by atoms with Crippen molar-refractivity contribution >= 4 is 20.8 Å². The van der Waals surface area contributed by atoms with Gasteiger partial charge in [0.25, 0.3) is 0 Å². The van der Waals surface area contributed by atoms with Crippen LogP contribution in [-0.4, -0.2) is 64.3 Å². The Balaban J connectivity index is 1.64. The fourth-order valence-corrected chi connectivity index (χ4v) is 4.99. The van der Waals surface area contributed by atoms with E-state index >= 15 is 0 Å². The zero-order chi connectivity index (χ0) is 17.3. The first kappa shape index (κ1) is 16.9. The van der Waals surface area contributed by atoms with Gasteiger partial charge in [-0.3, -0.25) is 0 Å². The summed E-state index contributed by atoms with van der Waals surface area (Å²) in [6, 6.07) is 13.0. The molecule has 0 aromatic heterocycles. The molecule has 2 saturated heterocycles. The van der Waals surface area contributed by atoms with Crippen LogP contribution in [0.1, 0.15) is 0 Å². The fourth-order valence-electron chi connectivity index (χ4n) is 3.46. The molecule has 1 N–H and O–H groups in total. The summed E-state index contributed by atoms with van der Waals surface area (Å²) in [6.45, 7) is 3.40. The van der Waals surface area contributed by atoms with Crippen LogP contribution in [0.2, 0.25) is 0 Å². The number of morpholine rings is 1. The van der Waals surface area contributed by atoms with Gasteiger partial charge in [-0.25, -0.2) is 8.42 Å². The van der Waals surface area contributed by atoms with Crippen LogP contribution in [-0.2, 0) is 19.5 Å². The van der Waals surface area contributed by atoms with Crippen molar-refractivity contribution in [3.8, 4) is 0 Å². The number of benzene rings is 2. The minimum absolute atomic E-state index is 0.301. The molecule has 1 spiro atoms. The van der Waals surface area contributed by atoms with Gasteiger partial charge in [0.15, 0.2) is 0 Å². The first-order valence-electron chi connectivity index (χ1n) is 8.51. The second-order valence-corrected chi connectivity index (χ2v) is 8.55. The third-order valence-corrected chi connectivity index (χ3v) is 6.65. The predicted molar refractivity (Wildman–Crippen MR) is 95.1 cm³/mol. The van der Waals surface area contributed by atoms with E-state index in [1.165, 1.54) is 4.31 Å². The van der Waals surface area contributed by atoms with Crippen LogP contribution in [0.4, 0.5) is 0 Å². The van der Waals surface area contributed by atoms with E-state index in [9.17, 15) is 8.42 Å². The smallest absolute Gasteiger partial charge is 0.243 e. The quantitative estimate of drug-likeness (QED) is 0.870. The summed E-state index contributed by atoms with van der Waals surface area (Å²) in [7, 11) is -3.57. The Morgan fingerprint density at radius 1 is 1.08 bits per heavy atom. The maximum absolute atomic E-state index is 13.2. The van der Waals surface area contributed by atoms with Crippen molar-refractivity contribution in [3.63, 3.8) is 0 Å². The number of ether oxygens (including phenoxy) is 2. The van der Waals surface area contributed by atoms with E-state index in [-0.39, 0.29) is 0 Å². The number of nitrogens with zero attached hydrogens (tertiary/aromatic N) is 1. The van der Waals surface area contributed by atoms with Crippen molar-refractivity contribution in [2.24, 2.45) is 0 Å². The summed E-state index contributed by atoms with van der Waals surface area (Å²) < 4.78 is 39.4. The Morgan fingerprint density at radius 3 is 2.80 bits per heavy atom. The molecule has 25 heavy (non-hydrogen) atoms. The van der Waals surface area contributed by atoms with Gasteiger partial charge in [-0.1, -0.05) is 30.3 Å². The summed E-state index contributed by atoms with van der Waals surface area (Å²) in [5.41, 5.74) is -0.612. The van der Waals surface area contributed by atoms with Gasteiger partial charge in [-0.2, -0.15) is 4.31 Å². The van der Waals surface area contributed by atoms with Crippen molar-refractivity contribution in [1.82, 2.24) is 9.62 Å². The van der Waals surface area contributed by atoms with E-state index in [2.05, 4.69) is 5.32 Å². The van der Waals surface area contributed by atoms with Crippen molar-refractivity contribution in [3.05, 3.63) is 42.5 Å².